The van der Waals surface area contributed by atoms with Gasteiger partial charge >= 0.3 is 0 Å². The van der Waals surface area contributed by atoms with Gasteiger partial charge in [0.2, 0.25) is 5.91 Å². The molecule has 2 aromatic carbocycles. The first-order valence-electron chi connectivity index (χ1n) is 11.6. The average molecular weight is 473 g/mol. The molecule has 1 amide bonds. The summed E-state index contributed by atoms with van der Waals surface area (Å²) < 4.78 is 7.73. The van der Waals surface area contributed by atoms with Crippen LogP contribution in [0.25, 0.3) is 22.2 Å². The van der Waals surface area contributed by atoms with Crippen LogP contribution in [0.2, 0.25) is 0 Å². The Kier molecular flexibility index (Phi) is 7.02. The lowest BCUT2D eigenvalue weighted by Gasteiger charge is -2.28. The number of ether oxygens (including phenoxy) is 1. The zero-order valence-electron chi connectivity index (χ0n) is 20.7. The second-order valence-corrected chi connectivity index (χ2v) is 9.75. The van der Waals surface area contributed by atoms with Crippen LogP contribution in [0, 0.1) is 5.41 Å². The molecule has 0 saturated heterocycles. The maximum Gasteiger partial charge on any atom is 0.240 e. The standard InChI is InChI=1S/C27H32N6O2/c1-27(2,17-32(3)4)16-29-23(34)15-33-14-22(24-25(28)30-18-31-26(24)33)19-10-12-21(13-11-19)35-20-8-6-5-7-9-20/h5-14,18H,15-17H2,1-4H3,(H,29,34)(H2,28,30,31). The predicted molar refractivity (Wildman–Crippen MR) is 139 cm³/mol. The number of nitrogens with one attached hydrogen (secondary N) is 1. The van der Waals surface area contributed by atoms with Crippen molar-refractivity contribution in [3.63, 3.8) is 0 Å². The van der Waals surface area contributed by atoms with Crippen LogP contribution in [0.3, 0.4) is 0 Å². The van der Waals surface area contributed by atoms with Crippen LogP contribution in [0.1, 0.15) is 13.8 Å². The Balaban J connectivity index is 1.55. The van der Waals surface area contributed by atoms with Gasteiger partial charge in [0.1, 0.15) is 35.8 Å². The summed E-state index contributed by atoms with van der Waals surface area (Å²) >= 11 is 0. The van der Waals surface area contributed by atoms with E-state index in [0.29, 0.717) is 18.0 Å². The molecule has 182 valence electrons. The van der Waals surface area contributed by atoms with Crippen molar-refractivity contribution in [2.45, 2.75) is 20.4 Å². The van der Waals surface area contributed by atoms with Crippen molar-refractivity contribution in [2.75, 3.05) is 32.9 Å². The lowest BCUT2D eigenvalue weighted by molar-refractivity contribution is -0.122. The molecule has 4 aromatic rings. The van der Waals surface area contributed by atoms with Crippen molar-refractivity contribution in [2.24, 2.45) is 5.41 Å². The van der Waals surface area contributed by atoms with Crippen LogP contribution >= 0.6 is 0 Å². The summed E-state index contributed by atoms with van der Waals surface area (Å²) in [6.45, 7) is 5.86. The van der Waals surface area contributed by atoms with Crippen molar-refractivity contribution in [3.8, 4) is 22.6 Å². The molecule has 4 rings (SSSR count). The van der Waals surface area contributed by atoms with Crippen LogP contribution in [0.15, 0.2) is 67.1 Å². The van der Waals surface area contributed by atoms with Gasteiger partial charge in [-0.2, -0.15) is 0 Å². The van der Waals surface area contributed by atoms with Crippen molar-refractivity contribution in [3.05, 3.63) is 67.1 Å². The van der Waals surface area contributed by atoms with Crippen molar-refractivity contribution < 1.29 is 9.53 Å². The van der Waals surface area contributed by atoms with Crippen LogP contribution < -0.4 is 15.8 Å². The molecule has 35 heavy (non-hydrogen) atoms. The van der Waals surface area contributed by atoms with Crippen LogP contribution in [-0.2, 0) is 11.3 Å². The van der Waals surface area contributed by atoms with Gasteiger partial charge in [-0.15, -0.1) is 0 Å². The van der Waals surface area contributed by atoms with Crippen LogP contribution in [-0.4, -0.2) is 52.5 Å². The SMILES string of the molecule is CN(C)CC(C)(C)CNC(=O)Cn1cc(-c2ccc(Oc3ccccc3)cc2)c2c(N)ncnc21. The molecule has 0 aliphatic carbocycles. The lowest BCUT2D eigenvalue weighted by atomic mass is 9.93. The summed E-state index contributed by atoms with van der Waals surface area (Å²) in [7, 11) is 4.06. The van der Waals surface area contributed by atoms with Crippen molar-refractivity contribution in [1.82, 2.24) is 24.8 Å². The molecule has 8 nitrogen and oxygen atoms in total. The van der Waals surface area contributed by atoms with E-state index in [2.05, 4.69) is 34.0 Å². The second kappa shape index (κ2) is 10.1. The number of fused-ring (bicyclic) bond motifs is 1. The first kappa shape index (κ1) is 24.2. The molecule has 2 aromatic heterocycles. The number of nitrogens with zero attached hydrogens (tertiary/aromatic N) is 4. The highest BCUT2D eigenvalue weighted by atomic mass is 16.5. The first-order valence-corrected chi connectivity index (χ1v) is 11.6. The molecule has 0 aliphatic rings. The number of anilines is 1. The Morgan fingerprint density at radius 2 is 1.74 bits per heavy atom. The van der Waals surface area contributed by atoms with Crippen LogP contribution in [0.5, 0.6) is 11.5 Å². The molecule has 0 spiro atoms. The molecule has 0 radical (unpaired) electrons. The first-order chi connectivity index (χ1) is 16.7. The largest absolute Gasteiger partial charge is 0.457 e. The summed E-state index contributed by atoms with van der Waals surface area (Å²) in [6, 6.07) is 17.4. The van der Waals surface area contributed by atoms with E-state index in [1.807, 2.05) is 79.5 Å². The number of hydrogen-bond acceptors (Lipinski definition) is 6. The van der Waals surface area contributed by atoms with E-state index in [9.17, 15) is 4.79 Å². The third kappa shape index (κ3) is 5.96. The number of aromatic nitrogens is 3. The number of amides is 1. The molecule has 0 aliphatic heterocycles. The third-order valence-corrected chi connectivity index (χ3v) is 5.65. The molecule has 0 saturated carbocycles. The number of carbonyl (C=O) groups is 1. The number of para-hydroxylation sites is 1. The number of carbonyl (C=O) groups excluding carboxylic acids is 1. The van der Waals surface area contributed by atoms with E-state index in [0.717, 1.165) is 34.6 Å². The number of nitrogens with two attached hydrogens (primary N) is 1. The minimum atomic E-state index is -0.0796. The van der Waals surface area contributed by atoms with Gasteiger partial charge in [-0.3, -0.25) is 4.79 Å². The summed E-state index contributed by atoms with van der Waals surface area (Å²) in [5, 5.41) is 3.78. The van der Waals surface area contributed by atoms with E-state index in [-0.39, 0.29) is 17.9 Å². The van der Waals surface area contributed by atoms with Gasteiger partial charge in [0, 0.05) is 24.8 Å². The number of benzene rings is 2. The monoisotopic (exact) mass is 472 g/mol. The van der Waals surface area contributed by atoms with Gasteiger partial charge in [-0.05, 0) is 49.3 Å². The molecule has 0 atom stereocenters. The summed E-state index contributed by atoms with van der Waals surface area (Å²) in [4.78, 5) is 23.5. The maximum atomic E-state index is 12.8. The summed E-state index contributed by atoms with van der Waals surface area (Å²) in [5.74, 6) is 1.80. The Morgan fingerprint density at radius 3 is 2.43 bits per heavy atom. The fourth-order valence-electron chi connectivity index (χ4n) is 4.27. The second-order valence-electron chi connectivity index (χ2n) is 9.75. The highest BCUT2D eigenvalue weighted by molar-refractivity contribution is 6.01. The van der Waals surface area contributed by atoms with Crippen molar-refractivity contribution in [1.29, 1.82) is 0 Å². The fraction of sp³-hybridized carbons (Fsp3) is 0.296. The lowest BCUT2D eigenvalue weighted by Crippen LogP contribution is -2.40. The van der Waals surface area contributed by atoms with E-state index in [1.165, 1.54) is 6.33 Å². The van der Waals surface area contributed by atoms with E-state index >= 15 is 0 Å². The highest BCUT2D eigenvalue weighted by Gasteiger charge is 2.21. The molecule has 2 heterocycles. The zero-order chi connectivity index (χ0) is 25.0. The molecule has 0 bridgehead atoms. The summed E-state index contributed by atoms with van der Waals surface area (Å²) in [6.07, 6.45) is 3.33. The average Bonchev–Trinajstić information content (AvgIpc) is 3.18. The minimum Gasteiger partial charge on any atom is -0.457 e. The zero-order valence-corrected chi connectivity index (χ0v) is 20.7. The fourth-order valence-corrected chi connectivity index (χ4v) is 4.27. The van der Waals surface area contributed by atoms with E-state index in [1.54, 1.807) is 0 Å². The predicted octanol–water partition coefficient (Wildman–Crippen LogP) is 4.18. The molecular formula is C27H32N6O2. The van der Waals surface area contributed by atoms with Crippen LogP contribution in [0.4, 0.5) is 5.82 Å². The van der Waals surface area contributed by atoms with Gasteiger partial charge in [0.15, 0.2) is 0 Å². The quantitative estimate of drug-likeness (QED) is 0.379. The van der Waals surface area contributed by atoms with Gasteiger partial charge in [-0.1, -0.05) is 44.2 Å². The Bertz CT molecular complexity index is 1300. The number of rotatable bonds is 9. The third-order valence-electron chi connectivity index (χ3n) is 5.65. The van der Waals surface area contributed by atoms with E-state index < -0.39 is 0 Å². The Labute approximate surface area is 205 Å². The molecule has 8 heteroatoms. The molecule has 0 unspecified atom stereocenters. The van der Waals surface area contributed by atoms with Gasteiger partial charge in [0.05, 0.1) is 5.39 Å². The Morgan fingerprint density at radius 1 is 1.06 bits per heavy atom. The van der Waals surface area contributed by atoms with Gasteiger partial charge in [-0.25, -0.2) is 9.97 Å². The molecule has 0 fully saturated rings. The van der Waals surface area contributed by atoms with E-state index in [4.69, 9.17) is 10.5 Å². The smallest absolute Gasteiger partial charge is 0.240 e. The minimum absolute atomic E-state index is 0.0424. The van der Waals surface area contributed by atoms with Gasteiger partial charge in [0.25, 0.3) is 0 Å². The molecule has 3 N–H and O–H groups in total. The van der Waals surface area contributed by atoms with Crippen molar-refractivity contribution >= 4 is 22.8 Å². The molecular weight excluding hydrogens is 440 g/mol. The van der Waals surface area contributed by atoms with Gasteiger partial charge < -0.3 is 25.3 Å². The normalized spacial score (nSPS) is 11.7. The maximum absolute atomic E-state index is 12.8. The summed E-state index contributed by atoms with van der Waals surface area (Å²) in [5.41, 5.74) is 8.62. The number of nitrogen functional groups attached to an aromatic ring is 1. The Hall–Kier alpha value is -3.91. The topological polar surface area (TPSA) is 98.3 Å². The number of hydrogen-bond donors (Lipinski definition) is 2. The highest BCUT2D eigenvalue weighted by Crippen LogP contribution is 2.34.